The largest absolute Gasteiger partial charge is 0.377 e. The van der Waals surface area contributed by atoms with Crippen molar-refractivity contribution in [3.05, 3.63) is 35.9 Å². The van der Waals surface area contributed by atoms with Crippen molar-refractivity contribution in [1.29, 1.82) is 0 Å². The summed E-state index contributed by atoms with van der Waals surface area (Å²) >= 11 is 0. The average Bonchev–Trinajstić information content (AvgIpc) is 2.84. The fraction of sp³-hybridized carbons (Fsp3) is 0.571. The molecule has 1 aromatic carbocycles. The minimum atomic E-state index is -0.00544. The zero-order valence-corrected chi connectivity index (χ0v) is 10.3. The van der Waals surface area contributed by atoms with Gasteiger partial charge in [-0.15, -0.1) is 0 Å². The van der Waals surface area contributed by atoms with E-state index in [1.165, 1.54) is 5.56 Å². The summed E-state index contributed by atoms with van der Waals surface area (Å²) in [6.07, 6.45) is 3.32. The van der Waals surface area contributed by atoms with Crippen LogP contribution in [0.25, 0.3) is 0 Å². The second kappa shape index (κ2) is 6.74. The van der Waals surface area contributed by atoms with E-state index < -0.39 is 0 Å². The van der Waals surface area contributed by atoms with Gasteiger partial charge in [-0.05, 0) is 18.4 Å². The molecule has 1 fully saturated rings. The SMILES string of the molecule is COC1CCC(CCOCc2ccccc2)O1. The molecular formula is C14H20O3. The van der Waals surface area contributed by atoms with E-state index in [1.54, 1.807) is 7.11 Å². The zero-order chi connectivity index (χ0) is 11.9. The first-order valence-corrected chi connectivity index (χ1v) is 6.18. The van der Waals surface area contributed by atoms with E-state index in [9.17, 15) is 0 Å². The molecule has 0 N–H and O–H groups in total. The Morgan fingerprint density at radius 3 is 2.76 bits per heavy atom. The van der Waals surface area contributed by atoms with Gasteiger partial charge in [-0.25, -0.2) is 0 Å². The van der Waals surface area contributed by atoms with Crippen LogP contribution in [0.5, 0.6) is 0 Å². The van der Waals surface area contributed by atoms with Crippen molar-refractivity contribution in [3.8, 4) is 0 Å². The molecule has 0 spiro atoms. The highest BCUT2D eigenvalue weighted by atomic mass is 16.7. The molecular weight excluding hydrogens is 216 g/mol. The number of hydrogen-bond donors (Lipinski definition) is 0. The van der Waals surface area contributed by atoms with E-state index in [1.807, 2.05) is 18.2 Å². The third-order valence-electron chi connectivity index (χ3n) is 3.03. The van der Waals surface area contributed by atoms with Crippen LogP contribution in [-0.4, -0.2) is 26.1 Å². The maximum Gasteiger partial charge on any atom is 0.157 e. The first-order valence-electron chi connectivity index (χ1n) is 6.18. The Morgan fingerprint density at radius 2 is 2.06 bits per heavy atom. The van der Waals surface area contributed by atoms with Gasteiger partial charge in [0.2, 0.25) is 0 Å². The Morgan fingerprint density at radius 1 is 1.24 bits per heavy atom. The molecule has 2 atom stereocenters. The molecule has 0 aliphatic carbocycles. The van der Waals surface area contributed by atoms with Crippen molar-refractivity contribution in [1.82, 2.24) is 0 Å². The van der Waals surface area contributed by atoms with Crippen molar-refractivity contribution in [3.63, 3.8) is 0 Å². The fourth-order valence-corrected chi connectivity index (χ4v) is 2.04. The molecule has 0 radical (unpaired) electrons. The third kappa shape index (κ3) is 4.11. The highest BCUT2D eigenvalue weighted by molar-refractivity contribution is 5.13. The molecule has 1 heterocycles. The standard InChI is InChI=1S/C14H20O3/c1-15-14-8-7-13(17-14)9-10-16-11-12-5-3-2-4-6-12/h2-6,13-14H,7-11H2,1H3. The number of rotatable bonds is 6. The summed E-state index contributed by atoms with van der Waals surface area (Å²) in [5.74, 6) is 0. The second-order valence-electron chi connectivity index (χ2n) is 4.33. The van der Waals surface area contributed by atoms with Crippen molar-refractivity contribution in [2.45, 2.75) is 38.3 Å². The van der Waals surface area contributed by atoms with Crippen LogP contribution >= 0.6 is 0 Å². The van der Waals surface area contributed by atoms with E-state index in [-0.39, 0.29) is 6.29 Å². The lowest BCUT2D eigenvalue weighted by Gasteiger charge is -2.12. The van der Waals surface area contributed by atoms with Crippen LogP contribution in [0, 0.1) is 0 Å². The maximum absolute atomic E-state index is 5.66. The molecule has 1 saturated heterocycles. The highest BCUT2D eigenvalue weighted by Crippen LogP contribution is 2.22. The van der Waals surface area contributed by atoms with Crippen LogP contribution in [0.2, 0.25) is 0 Å². The third-order valence-corrected chi connectivity index (χ3v) is 3.03. The van der Waals surface area contributed by atoms with Crippen LogP contribution in [0.15, 0.2) is 30.3 Å². The van der Waals surface area contributed by atoms with Crippen LogP contribution in [0.3, 0.4) is 0 Å². The number of methoxy groups -OCH3 is 1. The zero-order valence-electron chi connectivity index (χ0n) is 10.3. The summed E-state index contributed by atoms with van der Waals surface area (Å²) in [6, 6.07) is 10.2. The highest BCUT2D eigenvalue weighted by Gasteiger charge is 2.24. The molecule has 2 unspecified atom stereocenters. The summed E-state index contributed by atoms with van der Waals surface area (Å²) in [6.45, 7) is 1.43. The summed E-state index contributed by atoms with van der Waals surface area (Å²) < 4.78 is 16.4. The molecule has 0 aromatic heterocycles. The second-order valence-corrected chi connectivity index (χ2v) is 4.33. The van der Waals surface area contributed by atoms with Crippen molar-refractivity contribution >= 4 is 0 Å². The maximum atomic E-state index is 5.66. The molecule has 0 saturated carbocycles. The molecule has 1 aromatic rings. The minimum Gasteiger partial charge on any atom is -0.377 e. The van der Waals surface area contributed by atoms with E-state index in [2.05, 4.69) is 12.1 Å². The molecule has 3 nitrogen and oxygen atoms in total. The number of benzene rings is 1. The van der Waals surface area contributed by atoms with Gasteiger partial charge in [0, 0.05) is 20.1 Å². The van der Waals surface area contributed by atoms with Gasteiger partial charge in [0.25, 0.3) is 0 Å². The summed E-state index contributed by atoms with van der Waals surface area (Å²) in [5, 5.41) is 0. The Kier molecular flexibility index (Phi) is 4.98. The van der Waals surface area contributed by atoms with E-state index >= 15 is 0 Å². The van der Waals surface area contributed by atoms with Gasteiger partial charge >= 0.3 is 0 Å². The lowest BCUT2D eigenvalue weighted by Crippen LogP contribution is -2.14. The summed E-state index contributed by atoms with van der Waals surface area (Å²) in [7, 11) is 1.69. The normalized spacial score (nSPS) is 24.1. The van der Waals surface area contributed by atoms with Crippen LogP contribution in [0.1, 0.15) is 24.8 Å². The molecule has 1 aliphatic rings. The monoisotopic (exact) mass is 236 g/mol. The van der Waals surface area contributed by atoms with Gasteiger partial charge in [0.1, 0.15) is 0 Å². The van der Waals surface area contributed by atoms with Gasteiger partial charge in [0.05, 0.1) is 12.7 Å². The predicted octanol–water partition coefficient (Wildman–Crippen LogP) is 2.74. The fourth-order valence-electron chi connectivity index (χ4n) is 2.04. The Balaban J connectivity index is 1.58. The quantitative estimate of drug-likeness (QED) is 0.711. The number of ether oxygens (including phenoxy) is 3. The molecule has 94 valence electrons. The van der Waals surface area contributed by atoms with E-state index in [4.69, 9.17) is 14.2 Å². The first-order chi connectivity index (χ1) is 8.38. The van der Waals surface area contributed by atoms with Crippen LogP contribution in [0.4, 0.5) is 0 Å². The van der Waals surface area contributed by atoms with Gasteiger partial charge < -0.3 is 14.2 Å². The number of hydrogen-bond acceptors (Lipinski definition) is 3. The van der Waals surface area contributed by atoms with E-state index in [0.29, 0.717) is 12.7 Å². The lowest BCUT2D eigenvalue weighted by atomic mass is 10.2. The Bertz CT molecular complexity index is 313. The smallest absolute Gasteiger partial charge is 0.157 e. The molecule has 0 bridgehead atoms. The summed E-state index contributed by atoms with van der Waals surface area (Å²) in [5.41, 5.74) is 1.22. The molecule has 1 aliphatic heterocycles. The molecule has 0 amide bonds. The average molecular weight is 236 g/mol. The van der Waals surface area contributed by atoms with Gasteiger partial charge in [-0.1, -0.05) is 30.3 Å². The van der Waals surface area contributed by atoms with Gasteiger partial charge in [-0.2, -0.15) is 0 Å². The van der Waals surface area contributed by atoms with Crippen LogP contribution in [-0.2, 0) is 20.8 Å². The van der Waals surface area contributed by atoms with Crippen LogP contribution < -0.4 is 0 Å². The van der Waals surface area contributed by atoms with Crippen molar-refractivity contribution in [2.24, 2.45) is 0 Å². The van der Waals surface area contributed by atoms with E-state index in [0.717, 1.165) is 25.9 Å². The molecule has 3 heteroatoms. The predicted molar refractivity (Wildman–Crippen MR) is 65.6 cm³/mol. The van der Waals surface area contributed by atoms with Gasteiger partial charge in [-0.3, -0.25) is 0 Å². The lowest BCUT2D eigenvalue weighted by molar-refractivity contribution is -0.119. The Labute approximate surface area is 103 Å². The van der Waals surface area contributed by atoms with Crippen molar-refractivity contribution < 1.29 is 14.2 Å². The molecule has 17 heavy (non-hydrogen) atoms. The minimum absolute atomic E-state index is 0.00544. The first kappa shape index (κ1) is 12.6. The summed E-state index contributed by atoms with van der Waals surface area (Å²) in [4.78, 5) is 0. The molecule has 2 rings (SSSR count). The topological polar surface area (TPSA) is 27.7 Å². The van der Waals surface area contributed by atoms with Gasteiger partial charge in [0.15, 0.2) is 6.29 Å². The van der Waals surface area contributed by atoms with Crippen molar-refractivity contribution in [2.75, 3.05) is 13.7 Å². The Hall–Kier alpha value is -0.900.